The first-order valence-electron chi connectivity index (χ1n) is 8.48. The minimum Gasteiger partial charge on any atom is -0.356 e. The highest BCUT2D eigenvalue weighted by Gasteiger charge is 2.45. The monoisotopic (exact) mass is 300 g/mol. The van der Waals surface area contributed by atoms with Crippen molar-refractivity contribution in [3.8, 4) is 0 Å². The predicted molar refractivity (Wildman–Crippen MR) is 84.6 cm³/mol. The number of nitrogens with zero attached hydrogens (tertiary/aromatic N) is 4. The number of hydrogen-bond donors (Lipinski definition) is 0. The highest BCUT2D eigenvalue weighted by molar-refractivity contribution is 5.78. The zero-order valence-electron chi connectivity index (χ0n) is 13.3. The highest BCUT2D eigenvalue weighted by Crippen LogP contribution is 2.43. The smallest absolute Gasteiger partial charge is 0.222 e. The zero-order chi connectivity index (χ0) is 15.2. The Kier molecular flexibility index (Phi) is 3.31. The molecule has 1 saturated carbocycles. The molecule has 1 aliphatic carbocycles. The summed E-state index contributed by atoms with van der Waals surface area (Å²) in [5.74, 6) is 1.44. The molecule has 3 fully saturated rings. The van der Waals surface area contributed by atoms with Crippen molar-refractivity contribution < 1.29 is 4.79 Å². The maximum Gasteiger partial charge on any atom is 0.222 e. The lowest BCUT2D eigenvalue weighted by atomic mass is 9.72. The average molecular weight is 300 g/mol. The van der Waals surface area contributed by atoms with Crippen molar-refractivity contribution in [1.82, 2.24) is 14.9 Å². The third kappa shape index (κ3) is 2.57. The van der Waals surface area contributed by atoms with Crippen molar-refractivity contribution in [2.24, 2.45) is 5.41 Å². The molecule has 0 radical (unpaired) electrons. The van der Waals surface area contributed by atoms with Gasteiger partial charge in [-0.1, -0.05) is 0 Å². The second-order valence-corrected chi connectivity index (χ2v) is 7.26. The van der Waals surface area contributed by atoms with E-state index in [4.69, 9.17) is 0 Å². The van der Waals surface area contributed by atoms with Crippen LogP contribution in [0.1, 0.15) is 44.2 Å². The van der Waals surface area contributed by atoms with Crippen molar-refractivity contribution in [3.05, 3.63) is 18.1 Å². The predicted octanol–water partition coefficient (Wildman–Crippen LogP) is 2.16. The molecule has 2 saturated heterocycles. The van der Waals surface area contributed by atoms with Crippen LogP contribution in [0.3, 0.4) is 0 Å². The summed E-state index contributed by atoms with van der Waals surface area (Å²) in [6.07, 6.45) is 8.26. The SMILES string of the molecule is Cc1cc(N2CCC3(CCC(=O)N(C4CC4)C3)CC2)ncn1. The van der Waals surface area contributed by atoms with Gasteiger partial charge in [-0.3, -0.25) is 4.79 Å². The Morgan fingerprint density at radius 3 is 2.64 bits per heavy atom. The molecule has 1 amide bonds. The molecule has 2 aliphatic heterocycles. The van der Waals surface area contributed by atoms with Gasteiger partial charge in [0.25, 0.3) is 0 Å². The van der Waals surface area contributed by atoms with E-state index in [9.17, 15) is 4.79 Å². The Labute approximate surface area is 131 Å². The minimum atomic E-state index is 0.356. The zero-order valence-corrected chi connectivity index (χ0v) is 13.3. The lowest BCUT2D eigenvalue weighted by Crippen LogP contribution is -2.52. The fourth-order valence-electron chi connectivity index (χ4n) is 3.99. The minimum absolute atomic E-state index is 0.356. The van der Waals surface area contributed by atoms with Crippen LogP contribution in [0.15, 0.2) is 12.4 Å². The molecule has 1 spiro atoms. The van der Waals surface area contributed by atoms with Crippen molar-refractivity contribution >= 4 is 11.7 Å². The number of rotatable bonds is 2. The molecule has 4 rings (SSSR count). The molecule has 118 valence electrons. The number of aryl methyl sites for hydroxylation is 1. The Balaban J connectivity index is 1.43. The largest absolute Gasteiger partial charge is 0.356 e. The van der Waals surface area contributed by atoms with Crippen molar-refractivity contribution in [1.29, 1.82) is 0 Å². The molecular formula is C17H24N4O. The van der Waals surface area contributed by atoms with E-state index in [1.807, 2.05) is 6.92 Å². The molecule has 5 heteroatoms. The van der Waals surface area contributed by atoms with Gasteiger partial charge in [-0.2, -0.15) is 0 Å². The number of aromatic nitrogens is 2. The maximum atomic E-state index is 12.1. The first-order valence-corrected chi connectivity index (χ1v) is 8.48. The van der Waals surface area contributed by atoms with E-state index in [-0.39, 0.29) is 0 Å². The molecule has 0 aromatic carbocycles. The quantitative estimate of drug-likeness (QED) is 0.840. The van der Waals surface area contributed by atoms with Crippen LogP contribution in [0, 0.1) is 12.3 Å². The number of carbonyl (C=O) groups excluding carboxylic acids is 1. The summed E-state index contributed by atoms with van der Waals surface area (Å²) in [6, 6.07) is 2.63. The van der Waals surface area contributed by atoms with E-state index in [2.05, 4.69) is 25.8 Å². The molecule has 22 heavy (non-hydrogen) atoms. The van der Waals surface area contributed by atoms with Crippen LogP contribution in [0.4, 0.5) is 5.82 Å². The van der Waals surface area contributed by atoms with Gasteiger partial charge in [0.05, 0.1) is 0 Å². The summed E-state index contributed by atoms with van der Waals surface area (Å²) in [7, 11) is 0. The van der Waals surface area contributed by atoms with Crippen LogP contribution in [-0.4, -0.2) is 46.5 Å². The van der Waals surface area contributed by atoms with Crippen molar-refractivity contribution in [2.75, 3.05) is 24.5 Å². The topological polar surface area (TPSA) is 49.3 Å². The molecule has 0 N–H and O–H groups in total. The van der Waals surface area contributed by atoms with Crippen LogP contribution < -0.4 is 4.90 Å². The molecule has 1 aromatic rings. The standard InChI is InChI=1S/C17H24N4O/c1-13-10-15(19-12-18-13)20-8-6-17(7-9-20)5-4-16(22)21(11-17)14-2-3-14/h10,12,14H,2-9,11H2,1H3. The van der Waals surface area contributed by atoms with E-state index in [0.717, 1.165) is 44.0 Å². The summed E-state index contributed by atoms with van der Waals surface area (Å²) in [6.45, 7) is 5.09. The van der Waals surface area contributed by atoms with Gasteiger partial charge in [0.2, 0.25) is 5.91 Å². The molecule has 1 aromatic heterocycles. The summed E-state index contributed by atoms with van der Waals surface area (Å²) in [5, 5.41) is 0. The van der Waals surface area contributed by atoms with E-state index >= 15 is 0 Å². The molecule has 5 nitrogen and oxygen atoms in total. The first-order chi connectivity index (χ1) is 10.7. The Morgan fingerprint density at radius 2 is 1.95 bits per heavy atom. The van der Waals surface area contributed by atoms with Gasteiger partial charge in [-0.15, -0.1) is 0 Å². The van der Waals surface area contributed by atoms with Gasteiger partial charge in [-0.05, 0) is 44.4 Å². The summed E-state index contributed by atoms with van der Waals surface area (Å²) in [4.78, 5) is 25.3. The van der Waals surface area contributed by atoms with Crippen LogP contribution in [0.2, 0.25) is 0 Å². The average Bonchev–Trinajstić information content (AvgIpc) is 3.36. The van der Waals surface area contributed by atoms with Crippen molar-refractivity contribution in [2.45, 2.75) is 51.5 Å². The second-order valence-electron chi connectivity index (χ2n) is 7.26. The molecule has 0 atom stereocenters. The number of likely N-dealkylation sites (tertiary alicyclic amines) is 1. The molecular weight excluding hydrogens is 276 g/mol. The van der Waals surface area contributed by atoms with Crippen LogP contribution in [0.5, 0.6) is 0 Å². The third-order valence-electron chi connectivity index (χ3n) is 5.62. The molecule has 3 heterocycles. The normalized spacial score (nSPS) is 24.9. The van der Waals surface area contributed by atoms with Crippen LogP contribution in [-0.2, 0) is 4.79 Å². The number of amides is 1. The summed E-state index contributed by atoms with van der Waals surface area (Å²) in [5.41, 5.74) is 1.38. The van der Waals surface area contributed by atoms with Crippen LogP contribution >= 0.6 is 0 Å². The number of piperidine rings is 2. The Bertz CT molecular complexity index is 576. The van der Waals surface area contributed by atoms with E-state index in [1.54, 1.807) is 6.33 Å². The number of carbonyl (C=O) groups is 1. The van der Waals surface area contributed by atoms with Crippen LogP contribution in [0.25, 0.3) is 0 Å². The highest BCUT2D eigenvalue weighted by atomic mass is 16.2. The van der Waals surface area contributed by atoms with E-state index in [1.165, 1.54) is 25.7 Å². The Morgan fingerprint density at radius 1 is 1.18 bits per heavy atom. The summed E-state index contributed by atoms with van der Waals surface area (Å²) >= 11 is 0. The van der Waals surface area contributed by atoms with Gasteiger partial charge in [0, 0.05) is 43.9 Å². The van der Waals surface area contributed by atoms with E-state index in [0.29, 0.717) is 17.4 Å². The Hall–Kier alpha value is -1.65. The fourth-order valence-corrected chi connectivity index (χ4v) is 3.99. The van der Waals surface area contributed by atoms with Gasteiger partial charge < -0.3 is 9.80 Å². The van der Waals surface area contributed by atoms with Gasteiger partial charge >= 0.3 is 0 Å². The van der Waals surface area contributed by atoms with Crippen molar-refractivity contribution in [3.63, 3.8) is 0 Å². The fraction of sp³-hybridized carbons (Fsp3) is 0.706. The maximum absolute atomic E-state index is 12.1. The number of hydrogen-bond acceptors (Lipinski definition) is 4. The molecule has 0 unspecified atom stereocenters. The lowest BCUT2D eigenvalue weighted by Gasteiger charge is -2.47. The van der Waals surface area contributed by atoms with Gasteiger partial charge in [0.1, 0.15) is 12.1 Å². The third-order valence-corrected chi connectivity index (χ3v) is 5.62. The van der Waals surface area contributed by atoms with Gasteiger partial charge in [0.15, 0.2) is 0 Å². The second kappa shape index (κ2) is 5.21. The molecule has 0 bridgehead atoms. The van der Waals surface area contributed by atoms with E-state index < -0.39 is 0 Å². The lowest BCUT2D eigenvalue weighted by molar-refractivity contribution is -0.139. The number of anilines is 1. The van der Waals surface area contributed by atoms with Gasteiger partial charge in [-0.25, -0.2) is 9.97 Å². The summed E-state index contributed by atoms with van der Waals surface area (Å²) < 4.78 is 0. The first kappa shape index (κ1) is 14.0. The molecule has 3 aliphatic rings.